The van der Waals surface area contributed by atoms with Crippen LogP contribution in [0.5, 0.6) is 0 Å². The minimum atomic E-state index is -3.90. The SMILES string of the molecule is Cc1ccc(S(=O)(=O)NC(C)(C(N)=O)c2ccccc2)cc1C. The Kier molecular flexibility index (Phi) is 4.58. The molecule has 0 fully saturated rings. The van der Waals surface area contributed by atoms with E-state index in [-0.39, 0.29) is 4.90 Å². The molecule has 3 N–H and O–H groups in total. The molecule has 2 aromatic rings. The highest BCUT2D eigenvalue weighted by atomic mass is 32.2. The number of carbonyl (C=O) groups excluding carboxylic acids is 1. The molecule has 0 bridgehead atoms. The maximum absolute atomic E-state index is 12.7. The van der Waals surface area contributed by atoms with E-state index in [1.807, 2.05) is 13.8 Å². The number of nitrogens with two attached hydrogens (primary N) is 1. The van der Waals surface area contributed by atoms with Crippen molar-refractivity contribution in [3.8, 4) is 0 Å². The van der Waals surface area contributed by atoms with Crippen LogP contribution in [-0.4, -0.2) is 14.3 Å². The average molecular weight is 332 g/mol. The number of aryl methyl sites for hydroxylation is 2. The Morgan fingerprint density at radius 2 is 1.65 bits per heavy atom. The van der Waals surface area contributed by atoms with Gasteiger partial charge in [0.1, 0.15) is 5.54 Å². The van der Waals surface area contributed by atoms with Crippen LogP contribution < -0.4 is 10.5 Å². The lowest BCUT2D eigenvalue weighted by Gasteiger charge is -2.27. The fraction of sp³-hybridized carbons (Fsp3) is 0.235. The largest absolute Gasteiger partial charge is 0.368 e. The first kappa shape index (κ1) is 17.2. The quantitative estimate of drug-likeness (QED) is 0.877. The number of amides is 1. The second-order valence-corrected chi connectivity index (χ2v) is 7.39. The van der Waals surface area contributed by atoms with Crippen LogP contribution in [0.4, 0.5) is 0 Å². The van der Waals surface area contributed by atoms with Crippen LogP contribution in [0.1, 0.15) is 23.6 Å². The highest BCUT2D eigenvalue weighted by Gasteiger charge is 2.38. The number of rotatable bonds is 5. The van der Waals surface area contributed by atoms with E-state index in [0.29, 0.717) is 5.56 Å². The lowest BCUT2D eigenvalue weighted by Crippen LogP contribution is -2.52. The van der Waals surface area contributed by atoms with Crippen LogP contribution in [0.2, 0.25) is 0 Å². The fourth-order valence-electron chi connectivity index (χ4n) is 2.23. The van der Waals surface area contributed by atoms with E-state index in [2.05, 4.69) is 4.72 Å². The van der Waals surface area contributed by atoms with Gasteiger partial charge in [-0.1, -0.05) is 36.4 Å². The van der Waals surface area contributed by atoms with Crippen molar-refractivity contribution in [3.05, 3.63) is 65.2 Å². The molecule has 0 aromatic heterocycles. The van der Waals surface area contributed by atoms with Crippen molar-refractivity contribution in [1.82, 2.24) is 4.72 Å². The van der Waals surface area contributed by atoms with Gasteiger partial charge in [0.05, 0.1) is 4.90 Å². The van der Waals surface area contributed by atoms with Gasteiger partial charge in [0, 0.05) is 0 Å². The second-order valence-electron chi connectivity index (χ2n) is 5.71. The predicted molar refractivity (Wildman–Crippen MR) is 89.2 cm³/mol. The highest BCUT2D eigenvalue weighted by Crippen LogP contribution is 2.24. The molecular weight excluding hydrogens is 312 g/mol. The van der Waals surface area contributed by atoms with Crippen molar-refractivity contribution in [1.29, 1.82) is 0 Å². The molecule has 0 heterocycles. The highest BCUT2D eigenvalue weighted by molar-refractivity contribution is 7.89. The zero-order valence-corrected chi connectivity index (χ0v) is 14.1. The maximum Gasteiger partial charge on any atom is 0.243 e. The van der Waals surface area contributed by atoms with Crippen LogP contribution in [0.15, 0.2) is 53.4 Å². The topological polar surface area (TPSA) is 89.3 Å². The molecule has 2 aromatic carbocycles. The summed E-state index contributed by atoms with van der Waals surface area (Å²) in [6.07, 6.45) is 0. The Bertz CT molecular complexity index is 832. The Balaban J connectivity index is 2.47. The van der Waals surface area contributed by atoms with E-state index in [9.17, 15) is 13.2 Å². The summed E-state index contributed by atoms with van der Waals surface area (Å²) in [5, 5.41) is 0. The van der Waals surface area contributed by atoms with E-state index in [1.54, 1.807) is 42.5 Å². The molecule has 2 rings (SSSR count). The van der Waals surface area contributed by atoms with Gasteiger partial charge >= 0.3 is 0 Å². The zero-order valence-electron chi connectivity index (χ0n) is 13.3. The molecule has 0 radical (unpaired) electrons. The minimum absolute atomic E-state index is 0.101. The lowest BCUT2D eigenvalue weighted by atomic mass is 9.93. The van der Waals surface area contributed by atoms with Gasteiger partial charge in [-0.05, 0) is 49.6 Å². The van der Waals surface area contributed by atoms with Gasteiger partial charge < -0.3 is 5.73 Å². The summed E-state index contributed by atoms with van der Waals surface area (Å²) in [5.41, 5.74) is 6.28. The number of primary amides is 1. The average Bonchev–Trinajstić information content (AvgIpc) is 2.50. The maximum atomic E-state index is 12.7. The third-order valence-electron chi connectivity index (χ3n) is 3.97. The molecule has 0 spiro atoms. The Morgan fingerprint density at radius 1 is 1.04 bits per heavy atom. The smallest absolute Gasteiger partial charge is 0.243 e. The normalized spacial score (nSPS) is 14.2. The minimum Gasteiger partial charge on any atom is -0.368 e. The van der Waals surface area contributed by atoms with Gasteiger partial charge in [0.25, 0.3) is 0 Å². The zero-order chi connectivity index (χ0) is 17.3. The Hall–Kier alpha value is -2.18. The Labute approximate surface area is 136 Å². The van der Waals surface area contributed by atoms with Crippen molar-refractivity contribution in [2.24, 2.45) is 5.73 Å². The summed E-state index contributed by atoms with van der Waals surface area (Å²) in [7, 11) is -3.90. The van der Waals surface area contributed by atoms with Crippen LogP contribution >= 0.6 is 0 Å². The molecule has 1 atom stereocenters. The monoisotopic (exact) mass is 332 g/mol. The summed E-state index contributed by atoms with van der Waals surface area (Å²) in [5.74, 6) is -0.767. The van der Waals surface area contributed by atoms with Crippen molar-refractivity contribution in [2.45, 2.75) is 31.2 Å². The number of nitrogens with one attached hydrogen (secondary N) is 1. The van der Waals surface area contributed by atoms with E-state index in [4.69, 9.17) is 5.73 Å². The molecule has 0 aliphatic rings. The first-order valence-electron chi connectivity index (χ1n) is 7.13. The second kappa shape index (κ2) is 6.14. The predicted octanol–water partition coefficient (Wildman–Crippen LogP) is 1.98. The van der Waals surface area contributed by atoms with Crippen molar-refractivity contribution in [3.63, 3.8) is 0 Å². The molecule has 122 valence electrons. The van der Waals surface area contributed by atoms with Gasteiger partial charge in [-0.25, -0.2) is 8.42 Å². The van der Waals surface area contributed by atoms with Gasteiger partial charge in [-0.15, -0.1) is 0 Å². The molecule has 6 heteroatoms. The first-order valence-corrected chi connectivity index (χ1v) is 8.62. The van der Waals surface area contributed by atoms with Crippen LogP contribution in [0, 0.1) is 13.8 Å². The van der Waals surface area contributed by atoms with Gasteiger partial charge in [0.2, 0.25) is 15.9 Å². The van der Waals surface area contributed by atoms with Crippen LogP contribution in [-0.2, 0) is 20.4 Å². The number of hydrogen-bond donors (Lipinski definition) is 2. The van der Waals surface area contributed by atoms with Crippen molar-refractivity contribution < 1.29 is 13.2 Å². The fourth-order valence-corrected chi connectivity index (χ4v) is 3.68. The summed E-state index contributed by atoms with van der Waals surface area (Å²) in [6.45, 7) is 5.19. The third-order valence-corrected chi connectivity index (χ3v) is 5.52. The molecule has 0 aliphatic heterocycles. The van der Waals surface area contributed by atoms with Crippen molar-refractivity contribution in [2.75, 3.05) is 0 Å². The van der Waals surface area contributed by atoms with E-state index in [0.717, 1.165) is 11.1 Å². The van der Waals surface area contributed by atoms with Gasteiger partial charge in [-0.3, -0.25) is 4.79 Å². The molecule has 23 heavy (non-hydrogen) atoms. The molecule has 5 nitrogen and oxygen atoms in total. The number of hydrogen-bond acceptors (Lipinski definition) is 3. The molecule has 0 aliphatic carbocycles. The van der Waals surface area contributed by atoms with E-state index in [1.165, 1.54) is 13.0 Å². The Morgan fingerprint density at radius 3 is 2.17 bits per heavy atom. The van der Waals surface area contributed by atoms with E-state index < -0.39 is 21.5 Å². The summed E-state index contributed by atoms with van der Waals surface area (Å²) in [6, 6.07) is 13.4. The van der Waals surface area contributed by atoms with E-state index >= 15 is 0 Å². The summed E-state index contributed by atoms with van der Waals surface area (Å²) >= 11 is 0. The summed E-state index contributed by atoms with van der Waals surface area (Å²) < 4.78 is 27.8. The van der Waals surface area contributed by atoms with Crippen LogP contribution in [0.3, 0.4) is 0 Å². The summed E-state index contributed by atoms with van der Waals surface area (Å²) in [4.78, 5) is 12.0. The third kappa shape index (κ3) is 3.43. The molecule has 0 saturated heterocycles. The number of carbonyl (C=O) groups is 1. The van der Waals surface area contributed by atoms with Crippen molar-refractivity contribution >= 4 is 15.9 Å². The van der Waals surface area contributed by atoms with Gasteiger partial charge in [0.15, 0.2) is 0 Å². The number of sulfonamides is 1. The molecule has 1 amide bonds. The molecular formula is C17H20N2O3S. The molecule has 1 unspecified atom stereocenters. The van der Waals surface area contributed by atoms with Crippen LogP contribution in [0.25, 0.3) is 0 Å². The lowest BCUT2D eigenvalue weighted by molar-refractivity contribution is -0.123. The standard InChI is InChI=1S/C17H20N2O3S/c1-12-9-10-15(11-13(12)2)23(21,22)19-17(3,16(18)20)14-7-5-4-6-8-14/h4-11,19H,1-3H3,(H2,18,20). The first-order chi connectivity index (χ1) is 10.7. The number of benzene rings is 2. The van der Waals surface area contributed by atoms with Gasteiger partial charge in [-0.2, -0.15) is 4.72 Å². The molecule has 0 saturated carbocycles.